The average Bonchev–Trinajstić information content (AvgIpc) is 2.73. The van der Waals surface area contributed by atoms with E-state index in [1.807, 2.05) is 17.9 Å². The Labute approximate surface area is 193 Å². The summed E-state index contributed by atoms with van der Waals surface area (Å²) >= 11 is 1.58. The van der Waals surface area contributed by atoms with Crippen LogP contribution in [0.4, 0.5) is 0 Å². The number of hydrogen-bond acceptors (Lipinski definition) is 5. The number of carbonyl (C=O) groups is 3. The van der Waals surface area contributed by atoms with Crippen molar-refractivity contribution < 1.29 is 29.7 Å². The molecular formula is C24H33NO6S. The van der Waals surface area contributed by atoms with Gasteiger partial charge in [0.15, 0.2) is 0 Å². The number of benzene rings is 1. The highest BCUT2D eigenvalue weighted by Crippen LogP contribution is 2.22. The molecular weight excluding hydrogens is 430 g/mol. The maximum absolute atomic E-state index is 12.4. The fourth-order valence-electron chi connectivity index (χ4n) is 3.92. The van der Waals surface area contributed by atoms with E-state index in [0.717, 1.165) is 36.1 Å². The summed E-state index contributed by atoms with van der Waals surface area (Å²) in [6.07, 6.45) is 6.46. The van der Waals surface area contributed by atoms with Gasteiger partial charge < -0.3 is 20.2 Å². The van der Waals surface area contributed by atoms with Crippen LogP contribution < -0.4 is 0 Å². The van der Waals surface area contributed by atoms with Crippen molar-refractivity contribution in [3.63, 3.8) is 0 Å². The second kappa shape index (κ2) is 12.6. The fraction of sp³-hybridized carbons (Fsp3) is 0.542. The second-order valence-electron chi connectivity index (χ2n) is 8.14. The highest BCUT2D eigenvalue weighted by molar-refractivity contribution is 7.99. The van der Waals surface area contributed by atoms with E-state index >= 15 is 0 Å². The van der Waals surface area contributed by atoms with Gasteiger partial charge in [0.2, 0.25) is 5.91 Å². The van der Waals surface area contributed by atoms with Crippen LogP contribution in [0, 0.1) is 13.8 Å². The second-order valence-corrected chi connectivity index (χ2v) is 9.36. The maximum atomic E-state index is 12.4. The molecule has 0 aromatic heterocycles. The van der Waals surface area contributed by atoms with Crippen molar-refractivity contribution in [2.75, 3.05) is 18.1 Å². The number of thioether (sulfide) groups is 1. The predicted molar refractivity (Wildman–Crippen MR) is 125 cm³/mol. The molecule has 0 saturated carbocycles. The summed E-state index contributed by atoms with van der Waals surface area (Å²) in [6.45, 7) is 4.26. The molecule has 2 rings (SSSR count). The number of amides is 1. The zero-order chi connectivity index (χ0) is 23.7. The largest absolute Gasteiger partial charge is 0.481 e. The Bertz CT molecular complexity index is 853. The summed E-state index contributed by atoms with van der Waals surface area (Å²) in [4.78, 5) is 36.1. The minimum Gasteiger partial charge on any atom is -0.481 e. The summed E-state index contributed by atoms with van der Waals surface area (Å²) in [6, 6.07) is 3.28. The van der Waals surface area contributed by atoms with E-state index in [-0.39, 0.29) is 23.9 Å². The van der Waals surface area contributed by atoms with Crippen LogP contribution in [0.1, 0.15) is 59.2 Å². The monoisotopic (exact) mass is 463 g/mol. The Morgan fingerprint density at radius 2 is 1.97 bits per heavy atom. The highest BCUT2D eigenvalue weighted by Gasteiger charge is 2.25. The number of carboxylic acids is 2. The third-order valence-electron chi connectivity index (χ3n) is 5.87. The molecule has 32 heavy (non-hydrogen) atoms. The quantitative estimate of drug-likeness (QED) is 0.321. The molecule has 176 valence electrons. The molecule has 1 aliphatic heterocycles. The smallest absolute Gasteiger partial charge is 0.335 e. The van der Waals surface area contributed by atoms with Crippen LogP contribution in [-0.4, -0.2) is 68.3 Å². The molecule has 7 nitrogen and oxygen atoms in total. The highest BCUT2D eigenvalue weighted by atomic mass is 32.2. The predicted octanol–water partition coefficient (Wildman–Crippen LogP) is 3.44. The molecule has 1 aliphatic rings. The third-order valence-corrected chi connectivity index (χ3v) is 6.94. The number of hydrogen-bond donors (Lipinski definition) is 3. The summed E-state index contributed by atoms with van der Waals surface area (Å²) in [5.41, 5.74) is 2.75. The van der Waals surface area contributed by atoms with E-state index in [4.69, 9.17) is 5.11 Å². The number of carboxylic acid groups (broad SMARTS) is 2. The number of nitrogens with zero attached hydrogens (tertiary/aromatic N) is 1. The average molecular weight is 464 g/mol. The molecule has 8 heteroatoms. The van der Waals surface area contributed by atoms with Gasteiger partial charge in [-0.25, -0.2) is 4.79 Å². The first kappa shape index (κ1) is 25.9. The van der Waals surface area contributed by atoms with Crippen molar-refractivity contribution in [1.29, 1.82) is 0 Å². The molecule has 1 aromatic carbocycles. The van der Waals surface area contributed by atoms with Gasteiger partial charge >= 0.3 is 11.9 Å². The zero-order valence-corrected chi connectivity index (χ0v) is 19.6. The van der Waals surface area contributed by atoms with E-state index in [1.165, 1.54) is 0 Å². The van der Waals surface area contributed by atoms with E-state index < -0.39 is 18.0 Å². The zero-order valence-electron chi connectivity index (χ0n) is 18.7. The number of carbonyl (C=O) groups excluding carboxylic acids is 1. The van der Waals surface area contributed by atoms with Crippen LogP contribution in [0.5, 0.6) is 0 Å². The van der Waals surface area contributed by atoms with Gasteiger partial charge in [0.05, 0.1) is 24.1 Å². The molecule has 1 amide bonds. The van der Waals surface area contributed by atoms with Crippen LogP contribution in [0.2, 0.25) is 0 Å². The molecule has 0 bridgehead atoms. The minimum atomic E-state index is -0.958. The Morgan fingerprint density at radius 1 is 1.22 bits per heavy atom. The van der Waals surface area contributed by atoms with Gasteiger partial charge in [0.25, 0.3) is 0 Å². The molecule has 0 radical (unpaired) electrons. The van der Waals surface area contributed by atoms with Gasteiger partial charge in [-0.15, -0.1) is 0 Å². The summed E-state index contributed by atoms with van der Waals surface area (Å²) in [7, 11) is 0. The van der Waals surface area contributed by atoms with Gasteiger partial charge in [-0.3, -0.25) is 9.59 Å². The lowest BCUT2D eigenvalue weighted by Gasteiger charge is -2.34. The van der Waals surface area contributed by atoms with Gasteiger partial charge in [0, 0.05) is 25.1 Å². The number of rotatable bonds is 12. The number of likely N-dealkylation sites (tertiary alicyclic amines) is 1. The van der Waals surface area contributed by atoms with Crippen molar-refractivity contribution in [3.8, 4) is 0 Å². The van der Waals surface area contributed by atoms with Crippen LogP contribution in [-0.2, 0) is 16.0 Å². The fourth-order valence-corrected chi connectivity index (χ4v) is 4.77. The Kier molecular flexibility index (Phi) is 10.3. The molecule has 1 aromatic rings. The van der Waals surface area contributed by atoms with E-state index in [1.54, 1.807) is 36.9 Å². The lowest BCUT2D eigenvalue weighted by Crippen LogP contribution is -2.43. The number of aromatic carboxylic acids is 1. The first-order chi connectivity index (χ1) is 15.2. The van der Waals surface area contributed by atoms with Crippen molar-refractivity contribution in [1.82, 2.24) is 4.90 Å². The Hall–Kier alpha value is -2.32. The molecule has 1 fully saturated rings. The van der Waals surface area contributed by atoms with Crippen LogP contribution in [0.3, 0.4) is 0 Å². The Morgan fingerprint density at radius 3 is 2.66 bits per heavy atom. The lowest BCUT2D eigenvalue weighted by atomic mass is 9.94. The van der Waals surface area contributed by atoms with E-state index in [0.29, 0.717) is 30.7 Å². The SMILES string of the molecule is Cc1c(CC(O)/C=C/[C@H]2CCCC(=O)N2CCCSCCC(=O)O)ccc(C(=O)O)c1C. The first-order valence-corrected chi connectivity index (χ1v) is 12.1. The molecule has 0 spiro atoms. The molecule has 3 N–H and O–H groups in total. The summed E-state index contributed by atoms with van der Waals surface area (Å²) in [5.74, 6) is -0.256. The van der Waals surface area contributed by atoms with Crippen molar-refractivity contribution in [2.24, 2.45) is 0 Å². The topological polar surface area (TPSA) is 115 Å². The lowest BCUT2D eigenvalue weighted by molar-refractivity contribution is -0.136. The van der Waals surface area contributed by atoms with Gasteiger partial charge in [-0.1, -0.05) is 18.2 Å². The molecule has 2 atom stereocenters. The number of aliphatic carboxylic acids is 1. The van der Waals surface area contributed by atoms with E-state index in [9.17, 15) is 24.6 Å². The van der Waals surface area contributed by atoms with Crippen molar-refractivity contribution in [3.05, 3.63) is 46.5 Å². The summed E-state index contributed by atoms with van der Waals surface area (Å²) in [5, 5.41) is 28.5. The van der Waals surface area contributed by atoms with Crippen LogP contribution in [0.25, 0.3) is 0 Å². The standard InChI is InChI=1S/C24H33NO6S/c1-16-17(2)21(24(30)31)10-7-18(16)15-20(26)9-8-19-5-3-6-22(27)25(19)12-4-13-32-14-11-23(28)29/h7-10,19-20,26H,3-6,11-15H2,1-2H3,(H,28,29)(H,30,31)/b9-8+/t19-,20?/m1/s1. The van der Waals surface area contributed by atoms with Gasteiger partial charge in [-0.05, 0) is 61.6 Å². The molecule has 1 saturated heterocycles. The number of aliphatic hydroxyl groups excluding tert-OH is 1. The Balaban J connectivity index is 1.92. The van der Waals surface area contributed by atoms with Crippen molar-refractivity contribution >= 4 is 29.6 Å². The van der Waals surface area contributed by atoms with Crippen molar-refractivity contribution in [2.45, 2.75) is 64.5 Å². The van der Waals surface area contributed by atoms with E-state index in [2.05, 4.69) is 0 Å². The number of aliphatic hydroxyl groups is 1. The molecule has 0 aliphatic carbocycles. The normalized spacial score (nSPS) is 17.7. The maximum Gasteiger partial charge on any atom is 0.335 e. The van der Waals surface area contributed by atoms with Crippen LogP contribution in [0.15, 0.2) is 24.3 Å². The third kappa shape index (κ3) is 7.67. The van der Waals surface area contributed by atoms with Gasteiger partial charge in [-0.2, -0.15) is 11.8 Å². The van der Waals surface area contributed by atoms with Gasteiger partial charge in [0.1, 0.15) is 0 Å². The van der Waals surface area contributed by atoms with Crippen LogP contribution >= 0.6 is 11.8 Å². The summed E-state index contributed by atoms with van der Waals surface area (Å²) < 4.78 is 0. The number of piperidine rings is 1. The molecule has 1 unspecified atom stereocenters. The minimum absolute atomic E-state index is 0.0489. The first-order valence-electron chi connectivity index (χ1n) is 11.0. The molecule has 1 heterocycles.